The van der Waals surface area contributed by atoms with Crippen molar-refractivity contribution < 1.29 is 18.7 Å². The van der Waals surface area contributed by atoms with Crippen LogP contribution in [0.2, 0.25) is 0 Å². The van der Waals surface area contributed by atoms with E-state index in [0.717, 1.165) is 6.42 Å². The highest BCUT2D eigenvalue weighted by Crippen LogP contribution is 2.29. The molecule has 3 aromatic rings. The van der Waals surface area contributed by atoms with Gasteiger partial charge in [0.1, 0.15) is 22.6 Å². The average molecular weight is 426 g/mol. The van der Waals surface area contributed by atoms with E-state index in [2.05, 4.69) is 15.5 Å². The SMILES string of the molecule is COc1ccccc1C(=O)N1CCCC1C(=O)Nc1nnc(-c2ccc(F)cc2)s1. The molecule has 1 N–H and O–H groups in total. The number of ether oxygens (including phenoxy) is 1. The topological polar surface area (TPSA) is 84.4 Å². The number of para-hydroxylation sites is 1. The van der Waals surface area contributed by atoms with Gasteiger partial charge < -0.3 is 9.64 Å². The summed E-state index contributed by atoms with van der Waals surface area (Å²) < 4.78 is 18.4. The fourth-order valence-corrected chi connectivity index (χ4v) is 4.18. The zero-order chi connectivity index (χ0) is 21.1. The van der Waals surface area contributed by atoms with Crippen LogP contribution in [0.4, 0.5) is 9.52 Å². The molecule has 30 heavy (non-hydrogen) atoms. The maximum Gasteiger partial charge on any atom is 0.258 e. The molecule has 4 rings (SSSR count). The minimum Gasteiger partial charge on any atom is -0.496 e. The lowest BCUT2D eigenvalue weighted by Crippen LogP contribution is -2.43. The number of amides is 2. The summed E-state index contributed by atoms with van der Waals surface area (Å²) >= 11 is 1.19. The van der Waals surface area contributed by atoms with E-state index in [4.69, 9.17) is 4.74 Å². The maximum absolute atomic E-state index is 13.1. The molecular formula is C21H19FN4O3S. The fraction of sp³-hybridized carbons (Fsp3) is 0.238. The van der Waals surface area contributed by atoms with Crippen molar-refractivity contribution in [2.75, 3.05) is 19.0 Å². The second-order valence-electron chi connectivity index (χ2n) is 6.77. The molecular weight excluding hydrogens is 407 g/mol. The van der Waals surface area contributed by atoms with Crippen LogP contribution >= 0.6 is 11.3 Å². The van der Waals surface area contributed by atoms with Crippen LogP contribution < -0.4 is 10.1 Å². The Hall–Kier alpha value is -3.33. The molecule has 0 aliphatic carbocycles. The Morgan fingerprint density at radius 2 is 1.93 bits per heavy atom. The van der Waals surface area contributed by atoms with Crippen LogP contribution in [0.3, 0.4) is 0 Å². The number of methoxy groups -OCH3 is 1. The predicted molar refractivity (Wildman–Crippen MR) is 111 cm³/mol. The molecule has 1 saturated heterocycles. The van der Waals surface area contributed by atoms with Crippen LogP contribution in [0.5, 0.6) is 5.75 Å². The van der Waals surface area contributed by atoms with Gasteiger partial charge in [-0.25, -0.2) is 4.39 Å². The first-order chi connectivity index (χ1) is 14.6. The molecule has 1 unspecified atom stereocenters. The van der Waals surface area contributed by atoms with Crippen molar-refractivity contribution in [3.63, 3.8) is 0 Å². The Morgan fingerprint density at radius 1 is 1.17 bits per heavy atom. The maximum atomic E-state index is 13.1. The molecule has 1 atom stereocenters. The Bertz CT molecular complexity index is 1070. The third-order valence-corrected chi connectivity index (χ3v) is 5.79. The first kappa shape index (κ1) is 20.0. The van der Waals surface area contributed by atoms with Gasteiger partial charge in [0.15, 0.2) is 0 Å². The number of likely N-dealkylation sites (tertiary alicyclic amines) is 1. The van der Waals surface area contributed by atoms with Gasteiger partial charge in [-0.05, 0) is 49.2 Å². The zero-order valence-electron chi connectivity index (χ0n) is 16.2. The second kappa shape index (κ2) is 8.58. The number of carbonyl (C=O) groups excluding carboxylic acids is 2. The van der Waals surface area contributed by atoms with E-state index in [9.17, 15) is 14.0 Å². The highest BCUT2D eigenvalue weighted by molar-refractivity contribution is 7.18. The molecule has 1 aliphatic rings. The molecule has 1 aliphatic heterocycles. The van der Waals surface area contributed by atoms with Crippen molar-refractivity contribution in [1.82, 2.24) is 15.1 Å². The summed E-state index contributed by atoms with van der Waals surface area (Å²) in [5.74, 6) is -0.411. The lowest BCUT2D eigenvalue weighted by Gasteiger charge is -2.24. The molecule has 7 nitrogen and oxygen atoms in total. The molecule has 0 radical (unpaired) electrons. The van der Waals surface area contributed by atoms with Gasteiger partial charge in [0.2, 0.25) is 11.0 Å². The van der Waals surface area contributed by atoms with Crippen molar-refractivity contribution >= 4 is 28.3 Å². The van der Waals surface area contributed by atoms with E-state index in [1.165, 1.54) is 30.6 Å². The average Bonchev–Trinajstić information content (AvgIpc) is 3.43. The predicted octanol–water partition coefficient (Wildman–Crippen LogP) is 3.60. The molecule has 0 bridgehead atoms. The summed E-state index contributed by atoms with van der Waals surface area (Å²) in [6.07, 6.45) is 1.30. The minimum absolute atomic E-state index is 0.241. The van der Waals surface area contributed by atoms with Gasteiger partial charge in [0.05, 0.1) is 12.7 Å². The summed E-state index contributed by atoms with van der Waals surface area (Å²) in [5.41, 5.74) is 1.14. The van der Waals surface area contributed by atoms with Crippen LogP contribution in [-0.2, 0) is 4.79 Å². The number of nitrogens with zero attached hydrogens (tertiary/aromatic N) is 3. The van der Waals surface area contributed by atoms with Gasteiger partial charge >= 0.3 is 0 Å². The van der Waals surface area contributed by atoms with Crippen molar-refractivity contribution in [2.45, 2.75) is 18.9 Å². The van der Waals surface area contributed by atoms with Crippen molar-refractivity contribution in [2.24, 2.45) is 0 Å². The second-order valence-corrected chi connectivity index (χ2v) is 7.74. The zero-order valence-corrected chi connectivity index (χ0v) is 17.0. The van der Waals surface area contributed by atoms with Gasteiger partial charge in [0, 0.05) is 12.1 Å². The van der Waals surface area contributed by atoms with E-state index in [-0.39, 0.29) is 17.6 Å². The van der Waals surface area contributed by atoms with Crippen LogP contribution in [0.15, 0.2) is 48.5 Å². The lowest BCUT2D eigenvalue weighted by molar-refractivity contribution is -0.119. The van der Waals surface area contributed by atoms with Gasteiger partial charge in [-0.3, -0.25) is 14.9 Å². The Balaban J connectivity index is 1.48. The van der Waals surface area contributed by atoms with Gasteiger partial charge in [-0.15, -0.1) is 10.2 Å². The standard InChI is InChI=1S/C21H19FN4O3S/c1-29-17-7-3-2-5-15(17)20(28)26-12-4-6-16(26)18(27)23-21-25-24-19(30-21)13-8-10-14(22)11-9-13/h2-3,5,7-11,16H,4,6,12H2,1H3,(H,23,25,27). The van der Waals surface area contributed by atoms with Gasteiger partial charge in [-0.1, -0.05) is 23.5 Å². The Morgan fingerprint density at radius 3 is 2.70 bits per heavy atom. The third-order valence-electron chi connectivity index (χ3n) is 4.90. The van der Waals surface area contributed by atoms with E-state index in [1.54, 1.807) is 41.3 Å². The number of aromatic nitrogens is 2. The summed E-state index contributed by atoms with van der Waals surface area (Å²) in [6.45, 7) is 0.492. The first-order valence-corrected chi connectivity index (χ1v) is 10.2. The number of anilines is 1. The van der Waals surface area contributed by atoms with Gasteiger partial charge in [0.25, 0.3) is 5.91 Å². The number of hydrogen-bond donors (Lipinski definition) is 1. The van der Waals surface area contributed by atoms with Crippen LogP contribution in [-0.4, -0.2) is 46.6 Å². The number of benzene rings is 2. The van der Waals surface area contributed by atoms with E-state index >= 15 is 0 Å². The Kier molecular flexibility index (Phi) is 5.71. The number of hydrogen-bond acceptors (Lipinski definition) is 6. The van der Waals surface area contributed by atoms with Crippen LogP contribution in [0, 0.1) is 5.82 Å². The fourth-order valence-electron chi connectivity index (χ4n) is 3.43. The molecule has 0 saturated carbocycles. The molecule has 9 heteroatoms. The van der Waals surface area contributed by atoms with Crippen LogP contribution in [0.25, 0.3) is 10.6 Å². The summed E-state index contributed by atoms with van der Waals surface area (Å²) in [5, 5.41) is 11.7. The molecule has 1 aromatic heterocycles. The molecule has 2 heterocycles. The number of halogens is 1. The molecule has 2 aromatic carbocycles. The molecule has 2 amide bonds. The molecule has 154 valence electrons. The smallest absolute Gasteiger partial charge is 0.258 e. The number of carbonyl (C=O) groups is 2. The number of nitrogens with one attached hydrogen (secondary N) is 1. The Labute approximate surface area is 176 Å². The molecule has 1 fully saturated rings. The van der Waals surface area contributed by atoms with Gasteiger partial charge in [-0.2, -0.15) is 0 Å². The van der Waals surface area contributed by atoms with E-state index in [0.29, 0.717) is 40.0 Å². The van der Waals surface area contributed by atoms with Crippen molar-refractivity contribution in [3.05, 3.63) is 59.9 Å². The highest BCUT2D eigenvalue weighted by Gasteiger charge is 2.35. The monoisotopic (exact) mass is 426 g/mol. The largest absolute Gasteiger partial charge is 0.496 e. The normalized spacial score (nSPS) is 15.8. The van der Waals surface area contributed by atoms with Crippen LogP contribution in [0.1, 0.15) is 23.2 Å². The molecule has 0 spiro atoms. The van der Waals surface area contributed by atoms with E-state index < -0.39 is 6.04 Å². The first-order valence-electron chi connectivity index (χ1n) is 9.41. The van der Waals surface area contributed by atoms with E-state index in [1.807, 2.05) is 0 Å². The lowest BCUT2D eigenvalue weighted by atomic mass is 10.1. The summed E-state index contributed by atoms with van der Waals surface area (Å²) in [4.78, 5) is 27.4. The minimum atomic E-state index is -0.597. The quantitative estimate of drug-likeness (QED) is 0.674. The summed E-state index contributed by atoms with van der Waals surface area (Å²) in [7, 11) is 1.51. The van der Waals surface area contributed by atoms with Crippen molar-refractivity contribution in [1.29, 1.82) is 0 Å². The van der Waals surface area contributed by atoms with Crippen molar-refractivity contribution in [3.8, 4) is 16.3 Å². The number of rotatable bonds is 5. The third kappa shape index (κ3) is 4.02. The summed E-state index contributed by atoms with van der Waals surface area (Å²) in [6, 6.07) is 12.3. The highest BCUT2D eigenvalue weighted by atomic mass is 32.1.